The zero-order valence-corrected chi connectivity index (χ0v) is 11.4. The van der Waals surface area contributed by atoms with E-state index in [1.54, 1.807) is 0 Å². The van der Waals surface area contributed by atoms with E-state index in [1.165, 1.54) is 0 Å². The lowest BCUT2D eigenvalue weighted by Gasteiger charge is -2.09. The Morgan fingerprint density at radius 3 is 2.47 bits per heavy atom. The second-order valence-electron chi connectivity index (χ2n) is 4.37. The minimum atomic E-state index is 0.198. The van der Waals surface area contributed by atoms with Crippen molar-refractivity contribution in [3.8, 4) is 5.75 Å². The summed E-state index contributed by atoms with van der Waals surface area (Å²) < 4.78 is 5.70. The van der Waals surface area contributed by atoms with Crippen molar-refractivity contribution in [1.29, 1.82) is 0 Å². The van der Waals surface area contributed by atoms with Crippen LogP contribution < -0.4 is 4.74 Å². The van der Waals surface area contributed by atoms with Crippen LogP contribution in [0.1, 0.15) is 17.5 Å². The molecule has 0 radical (unpaired) electrons. The quantitative estimate of drug-likeness (QED) is 0.868. The van der Waals surface area contributed by atoms with E-state index in [9.17, 15) is 0 Å². The van der Waals surface area contributed by atoms with Crippen LogP contribution in [0.3, 0.4) is 0 Å². The molecule has 100 valence electrons. The highest BCUT2D eigenvalue weighted by atomic mass is 35.5. The van der Waals surface area contributed by atoms with E-state index in [2.05, 4.69) is 0 Å². The lowest BCUT2D eigenvalue weighted by atomic mass is 10.1. The molecule has 0 heterocycles. The van der Waals surface area contributed by atoms with Gasteiger partial charge in [0.05, 0.1) is 5.02 Å². The van der Waals surface area contributed by atoms with Gasteiger partial charge in [0.15, 0.2) is 0 Å². The largest absolute Gasteiger partial charge is 0.487 e. The topological polar surface area (TPSA) is 29.5 Å². The molecule has 0 bridgehead atoms. The molecule has 3 heteroatoms. The molecule has 0 spiro atoms. The fraction of sp³-hybridized carbons (Fsp3) is 0.250. The van der Waals surface area contributed by atoms with Crippen LogP contribution in [0.25, 0.3) is 0 Å². The molecular formula is C16H17ClO2. The summed E-state index contributed by atoms with van der Waals surface area (Å²) in [6.45, 7) is 0.709. The number of hydrogen-bond donors (Lipinski definition) is 1. The lowest BCUT2D eigenvalue weighted by Crippen LogP contribution is -1.96. The summed E-state index contributed by atoms with van der Waals surface area (Å²) in [7, 11) is 0. The first-order valence-corrected chi connectivity index (χ1v) is 6.73. The van der Waals surface area contributed by atoms with Crippen molar-refractivity contribution in [1.82, 2.24) is 0 Å². The van der Waals surface area contributed by atoms with Gasteiger partial charge in [0, 0.05) is 6.61 Å². The number of aliphatic hydroxyl groups is 1. The first-order valence-electron chi connectivity index (χ1n) is 6.35. The number of ether oxygens (including phenoxy) is 1. The van der Waals surface area contributed by atoms with Gasteiger partial charge in [-0.15, -0.1) is 0 Å². The second kappa shape index (κ2) is 7.17. The standard InChI is InChI=1S/C16H17ClO2/c17-15-11-13(7-4-10-18)8-9-16(15)19-12-14-5-2-1-3-6-14/h1-3,5-6,8-9,11,18H,4,7,10,12H2. The lowest BCUT2D eigenvalue weighted by molar-refractivity contribution is 0.288. The maximum atomic E-state index is 8.80. The molecule has 2 rings (SSSR count). The van der Waals surface area contributed by atoms with Crippen molar-refractivity contribution in [3.05, 3.63) is 64.7 Å². The maximum absolute atomic E-state index is 8.80. The summed E-state index contributed by atoms with van der Waals surface area (Å²) in [4.78, 5) is 0. The molecule has 0 fully saturated rings. The van der Waals surface area contributed by atoms with Gasteiger partial charge in [0.2, 0.25) is 0 Å². The average Bonchev–Trinajstić information content (AvgIpc) is 2.45. The van der Waals surface area contributed by atoms with E-state index in [0.717, 1.165) is 24.0 Å². The predicted molar refractivity (Wildman–Crippen MR) is 77.6 cm³/mol. The van der Waals surface area contributed by atoms with Gasteiger partial charge in [-0.25, -0.2) is 0 Å². The molecule has 2 aromatic rings. The maximum Gasteiger partial charge on any atom is 0.138 e. The molecule has 0 saturated heterocycles. The Hall–Kier alpha value is -1.51. The van der Waals surface area contributed by atoms with Crippen molar-refractivity contribution in [2.45, 2.75) is 19.4 Å². The number of hydrogen-bond acceptors (Lipinski definition) is 2. The van der Waals surface area contributed by atoms with Gasteiger partial charge in [0.25, 0.3) is 0 Å². The van der Waals surface area contributed by atoms with Crippen molar-refractivity contribution < 1.29 is 9.84 Å². The molecule has 0 unspecified atom stereocenters. The summed E-state index contributed by atoms with van der Waals surface area (Å²) in [6.07, 6.45) is 1.58. The molecular weight excluding hydrogens is 260 g/mol. The SMILES string of the molecule is OCCCc1ccc(OCc2ccccc2)c(Cl)c1. The van der Waals surface area contributed by atoms with Gasteiger partial charge in [-0.3, -0.25) is 0 Å². The molecule has 19 heavy (non-hydrogen) atoms. The molecule has 0 aromatic heterocycles. The van der Waals surface area contributed by atoms with Gasteiger partial charge < -0.3 is 9.84 Å². The highest BCUT2D eigenvalue weighted by molar-refractivity contribution is 6.32. The summed E-state index contributed by atoms with van der Waals surface area (Å²) >= 11 is 6.19. The van der Waals surface area contributed by atoms with Crippen LogP contribution in [0.4, 0.5) is 0 Å². The zero-order valence-electron chi connectivity index (χ0n) is 10.7. The normalized spacial score (nSPS) is 10.4. The van der Waals surface area contributed by atoms with Gasteiger partial charge in [-0.1, -0.05) is 48.0 Å². The Labute approximate surface area is 118 Å². The summed E-state index contributed by atoms with van der Waals surface area (Å²) in [5.74, 6) is 0.693. The van der Waals surface area contributed by atoms with Crippen LogP contribution in [0.15, 0.2) is 48.5 Å². The molecule has 1 N–H and O–H groups in total. The molecule has 0 atom stereocenters. The van der Waals surface area contributed by atoms with E-state index in [1.807, 2.05) is 48.5 Å². The van der Waals surface area contributed by atoms with Crippen molar-refractivity contribution in [3.63, 3.8) is 0 Å². The minimum Gasteiger partial charge on any atom is -0.487 e. The van der Waals surface area contributed by atoms with Crippen molar-refractivity contribution in [2.75, 3.05) is 6.61 Å². The van der Waals surface area contributed by atoms with E-state index in [-0.39, 0.29) is 6.61 Å². The van der Waals surface area contributed by atoms with Gasteiger partial charge in [0.1, 0.15) is 12.4 Å². The van der Waals surface area contributed by atoms with E-state index in [0.29, 0.717) is 17.4 Å². The van der Waals surface area contributed by atoms with Gasteiger partial charge in [-0.05, 0) is 36.1 Å². The zero-order chi connectivity index (χ0) is 13.5. The van der Waals surface area contributed by atoms with Crippen LogP contribution in [0.2, 0.25) is 5.02 Å². The first kappa shape index (κ1) is 13.9. The van der Waals surface area contributed by atoms with Crippen LogP contribution in [-0.4, -0.2) is 11.7 Å². The Kier molecular flexibility index (Phi) is 5.25. The Morgan fingerprint density at radius 1 is 1.00 bits per heavy atom. The molecule has 0 saturated carbocycles. The molecule has 2 aromatic carbocycles. The third-order valence-corrected chi connectivity index (χ3v) is 3.15. The monoisotopic (exact) mass is 276 g/mol. The third-order valence-electron chi connectivity index (χ3n) is 2.86. The summed E-state index contributed by atoms with van der Waals surface area (Å²) in [5.41, 5.74) is 2.23. The van der Waals surface area contributed by atoms with Crippen LogP contribution in [0, 0.1) is 0 Å². The number of halogens is 1. The average molecular weight is 277 g/mol. The predicted octanol–water partition coefficient (Wildman–Crippen LogP) is 3.84. The molecule has 2 nitrogen and oxygen atoms in total. The minimum absolute atomic E-state index is 0.198. The summed E-state index contributed by atoms with van der Waals surface area (Å²) in [5, 5.41) is 9.42. The molecule has 0 aliphatic heterocycles. The third kappa shape index (κ3) is 4.27. The Balaban J connectivity index is 1.97. The van der Waals surface area contributed by atoms with Crippen molar-refractivity contribution >= 4 is 11.6 Å². The van der Waals surface area contributed by atoms with Crippen LogP contribution in [0.5, 0.6) is 5.75 Å². The first-order chi connectivity index (χ1) is 9.29. The highest BCUT2D eigenvalue weighted by Gasteiger charge is 2.03. The fourth-order valence-electron chi connectivity index (χ4n) is 1.84. The van der Waals surface area contributed by atoms with E-state index in [4.69, 9.17) is 21.4 Å². The molecule has 0 aliphatic rings. The molecule has 0 amide bonds. The van der Waals surface area contributed by atoms with E-state index < -0.39 is 0 Å². The highest BCUT2D eigenvalue weighted by Crippen LogP contribution is 2.26. The Morgan fingerprint density at radius 2 is 1.79 bits per heavy atom. The van der Waals surface area contributed by atoms with Crippen LogP contribution >= 0.6 is 11.6 Å². The number of rotatable bonds is 6. The number of benzene rings is 2. The van der Waals surface area contributed by atoms with Gasteiger partial charge >= 0.3 is 0 Å². The Bertz CT molecular complexity index is 511. The second-order valence-corrected chi connectivity index (χ2v) is 4.77. The smallest absolute Gasteiger partial charge is 0.138 e. The van der Waals surface area contributed by atoms with Crippen molar-refractivity contribution in [2.24, 2.45) is 0 Å². The fourth-order valence-corrected chi connectivity index (χ4v) is 2.09. The van der Waals surface area contributed by atoms with Gasteiger partial charge in [-0.2, -0.15) is 0 Å². The van der Waals surface area contributed by atoms with E-state index >= 15 is 0 Å². The number of aliphatic hydroxyl groups excluding tert-OH is 1. The molecule has 0 aliphatic carbocycles. The summed E-state index contributed by atoms with van der Waals surface area (Å²) in [6, 6.07) is 15.8. The number of aryl methyl sites for hydroxylation is 1. The van der Waals surface area contributed by atoms with Crippen LogP contribution in [-0.2, 0) is 13.0 Å².